The highest BCUT2D eigenvalue weighted by molar-refractivity contribution is 7.13. The van der Waals surface area contributed by atoms with E-state index in [-0.39, 0.29) is 0 Å². The fourth-order valence-corrected chi connectivity index (χ4v) is 1.86. The van der Waals surface area contributed by atoms with Crippen molar-refractivity contribution in [1.82, 2.24) is 4.98 Å². The maximum atomic E-state index is 4.48. The largest absolute Gasteiger partial charge is 0.362 e. The predicted molar refractivity (Wildman–Crippen MR) is 55.0 cm³/mol. The first kappa shape index (κ1) is 9.52. The molecule has 0 saturated heterocycles. The Balaban J connectivity index is 2.63. The van der Waals surface area contributed by atoms with Crippen LogP contribution in [0.2, 0.25) is 0 Å². The van der Waals surface area contributed by atoms with Crippen molar-refractivity contribution >= 4 is 16.5 Å². The van der Waals surface area contributed by atoms with Crippen molar-refractivity contribution in [2.24, 2.45) is 0 Å². The third-order valence-electron chi connectivity index (χ3n) is 1.97. The molecule has 0 spiro atoms. The van der Waals surface area contributed by atoms with Crippen molar-refractivity contribution in [3.63, 3.8) is 0 Å². The first-order chi connectivity index (χ1) is 5.77. The minimum absolute atomic E-state index is 0.591. The van der Waals surface area contributed by atoms with Crippen molar-refractivity contribution in [1.29, 1.82) is 0 Å². The molecule has 0 aliphatic heterocycles. The van der Waals surface area contributed by atoms with E-state index in [4.69, 9.17) is 0 Å². The third kappa shape index (κ3) is 2.21. The summed E-state index contributed by atoms with van der Waals surface area (Å²) in [6.45, 7) is 7.44. The van der Waals surface area contributed by atoms with Gasteiger partial charge in [0.25, 0.3) is 0 Å². The van der Waals surface area contributed by atoms with Crippen LogP contribution in [0.1, 0.15) is 38.8 Å². The average Bonchev–Trinajstić information content (AvgIpc) is 2.52. The molecule has 0 radical (unpaired) electrons. The summed E-state index contributed by atoms with van der Waals surface area (Å²) in [4.78, 5) is 4.48. The van der Waals surface area contributed by atoms with E-state index >= 15 is 0 Å². The molecule has 2 nitrogen and oxygen atoms in total. The highest BCUT2D eigenvalue weighted by Crippen LogP contribution is 2.23. The lowest BCUT2D eigenvalue weighted by Crippen LogP contribution is -1.97. The van der Waals surface area contributed by atoms with Crippen LogP contribution >= 0.6 is 11.3 Å². The van der Waals surface area contributed by atoms with E-state index in [9.17, 15) is 0 Å². The molecule has 12 heavy (non-hydrogen) atoms. The summed E-state index contributed by atoms with van der Waals surface area (Å²) in [6.07, 6.45) is 1.16. The molecule has 0 amide bonds. The van der Waals surface area contributed by atoms with Gasteiger partial charge in [0.05, 0.1) is 5.69 Å². The van der Waals surface area contributed by atoms with Crippen LogP contribution in [0.15, 0.2) is 5.38 Å². The number of aromatic nitrogens is 1. The Morgan fingerprint density at radius 3 is 2.92 bits per heavy atom. The Kier molecular flexibility index (Phi) is 3.53. The van der Waals surface area contributed by atoms with E-state index in [1.165, 1.54) is 5.69 Å². The molecule has 0 aromatic carbocycles. The highest BCUT2D eigenvalue weighted by atomic mass is 32.1. The summed E-state index contributed by atoms with van der Waals surface area (Å²) in [7, 11) is 0. The Morgan fingerprint density at radius 1 is 1.58 bits per heavy atom. The zero-order chi connectivity index (χ0) is 8.97. The number of nitrogens with zero attached hydrogens (tertiary/aromatic N) is 1. The molecule has 1 rings (SSSR count). The smallest absolute Gasteiger partial charge is 0.182 e. The monoisotopic (exact) mass is 184 g/mol. The van der Waals surface area contributed by atoms with Gasteiger partial charge in [-0.1, -0.05) is 13.8 Å². The summed E-state index contributed by atoms with van der Waals surface area (Å²) in [5.74, 6) is 0.591. The van der Waals surface area contributed by atoms with Crippen molar-refractivity contribution in [3.05, 3.63) is 11.1 Å². The molecule has 1 aromatic heterocycles. The normalized spacial score (nSPS) is 12.9. The van der Waals surface area contributed by atoms with Gasteiger partial charge in [0.1, 0.15) is 0 Å². The summed E-state index contributed by atoms with van der Waals surface area (Å²) in [5.41, 5.74) is 1.22. The van der Waals surface area contributed by atoms with Crippen LogP contribution < -0.4 is 5.32 Å². The summed E-state index contributed by atoms with van der Waals surface area (Å²) in [6, 6.07) is 0. The van der Waals surface area contributed by atoms with E-state index in [1.807, 2.05) is 0 Å². The summed E-state index contributed by atoms with van der Waals surface area (Å²) >= 11 is 1.70. The van der Waals surface area contributed by atoms with Gasteiger partial charge in [0.15, 0.2) is 5.13 Å². The number of hydrogen-bond acceptors (Lipinski definition) is 3. The van der Waals surface area contributed by atoms with E-state index in [2.05, 4.69) is 36.5 Å². The van der Waals surface area contributed by atoms with Gasteiger partial charge in [-0.05, 0) is 19.3 Å². The topological polar surface area (TPSA) is 24.9 Å². The molecule has 0 bridgehead atoms. The van der Waals surface area contributed by atoms with E-state index in [0.29, 0.717) is 5.92 Å². The molecule has 0 aliphatic carbocycles. The van der Waals surface area contributed by atoms with Crippen LogP contribution in [0, 0.1) is 0 Å². The molecule has 0 aliphatic rings. The number of nitrogens with one attached hydrogen (secondary N) is 1. The molecule has 0 saturated carbocycles. The Hall–Kier alpha value is -0.570. The van der Waals surface area contributed by atoms with Gasteiger partial charge in [-0.2, -0.15) is 0 Å². The molecule has 1 atom stereocenters. The zero-order valence-electron chi connectivity index (χ0n) is 7.92. The molecule has 1 aromatic rings. The van der Waals surface area contributed by atoms with Crippen LogP contribution in [-0.4, -0.2) is 11.5 Å². The fraction of sp³-hybridized carbons (Fsp3) is 0.667. The van der Waals surface area contributed by atoms with Gasteiger partial charge in [-0.3, -0.25) is 0 Å². The number of anilines is 1. The van der Waals surface area contributed by atoms with E-state index < -0.39 is 0 Å². The van der Waals surface area contributed by atoms with E-state index in [1.54, 1.807) is 11.3 Å². The molecule has 1 unspecified atom stereocenters. The quantitative estimate of drug-likeness (QED) is 0.777. The van der Waals surface area contributed by atoms with Gasteiger partial charge in [0, 0.05) is 11.9 Å². The standard InChI is InChI=1S/C9H16N2S/c1-4-7(3)8-6-12-9(11-8)10-5-2/h6-7H,4-5H2,1-3H3,(H,10,11). The third-order valence-corrected chi connectivity index (χ3v) is 2.79. The molecular weight excluding hydrogens is 168 g/mol. The molecule has 1 heterocycles. The minimum Gasteiger partial charge on any atom is -0.362 e. The summed E-state index contributed by atoms with van der Waals surface area (Å²) < 4.78 is 0. The van der Waals surface area contributed by atoms with Crippen molar-refractivity contribution in [2.75, 3.05) is 11.9 Å². The molecule has 68 valence electrons. The SMILES string of the molecule is CCNc1nc(C(C)CC)cs1. The van der Waals surface area contributed by atoms with Crippen LogP contribution in [-0.2, 0) is 0 Å². The molecule has 1 N–H and O–H groups in total. The second-order valence-electron chi connectivity index (χ2n) is 2.92. The number of thiazole rings is 1. The number of hydrogen-bond donors (Lipinski definition) is 1. The lowest BCUT2D eigenvalue weighted by molar-refractivity contribution is 0.714. The molecule has 3 heteroatoms. The maximum Gasteiger partial charge on any atom is 0.182 e. The number of rotatable bonds is 4. The average molecular weight is 184 g/mol. The van der Waals surface area contributed by atoms with Crippen LogP contribution in [0.4, 0.5) is 5.13 Å². The maximum absolute atomic E-state index is 4.48. The minimum atomic E-state index is 0.591. The Labute approximate surface area is 78.0 Å². The fourth-order valence-electron chi connectivity index (χ4n) is 0.954. The van der Waals surface area contributed by atoms with Gasteiger partial charge < -0.3 is 5.32 Å². The Bertz CT molecular complexity index is 232. The lowest BCUT2D eigenvalue weighted by atomic mass is 10.1. The van der Waals surface area contributed by atoms with Crippen LogP contribution in [0.25, 0.3) is 0 Å². The van der Waals surface area contributed by atoms with Crippen LogP contribution in [0.5, 0.6) is 0 Å². The van der Waals surface area contributed by atoms with Gasteiger partial charge in [-0.25, -0.2) is 4.98 Å². The first-order valence-corrected chi connectivity index (χ1v) is 5.35. The van der Waals surface area contributed by atoms with E-state index in [0.717, 1.165) is 18.1 Å². The molecule has 0 fully saturated rings. The predicted octanol–water partition coefficient (Wildman–Crippen LogP) is 3.09. The Morgan fingerprint density at radius 2 is 2.33 bits per heavy atom. The van der Waals surface area contributed by atoms with Crippen molar-refractivity contribution in [3.8, 4) is 0 Å². The second-order valence-corrected chi connectivity index (χ2v) is 3.78. The van der Waals surface area contributed by atoms with Gasteiger partial charge >= 0.3 is 0 Å². The van der Waals surface area contributed by atoms with Gasteiger partial charge in [0.2, 0.25) is 0 Å². The first-order valence-electron chi connectivity index (χ1n) is 4.47. The lowest BCUT2D eigenvalue weighted by Gasteiger charge is -2.02. The summed E-state index contributed by atoms with van der Waals surface area (Å²) in [5, 5.41) is 6.41. The molecular formula is C9H16N2S. The van der Waals surface area contributed by atoms with Crippen LogP contribution in [0.3, 0.4) is 0 Å². The zero-order valence-corrected chi connectivity index (χ0v) is 8.74. The van der Waals surface area contributed by atoms with Crippen molar-refractivity contribution in [2.45, 2.75) is 33.1 Å². The second kappa shape index (κ2) is 4.45. The van der Waals surface area contributed by atoms with Crippen molar-refractivity contribution < 1.29 is 0 Å². The van der Waals surface area contributed by atoms with Gasteiger partial charge in [-0.15, -0.1) is 11.3 Å². The highest BCUT2D eigenvalue weighted by Gasteiger charge is 2.06.